The van der Waals surface area contributed by atoms with Crippen molar-refractivity contribution in [2.45, 2.75) is 13.5 Å². The smallest absolute Gasteiger partial charge is 0.228 e. The minimum absolute atomic E-state index is 0.279. The van der Waals surface area contributed by atoms with Crippen molar-refractivity contribution < 1.29 is 4.74 Å². The standard InChI is InChI=1S/C17H17N5O/c1-11-9-12(19)4-5-15(11)23-17-13(3-2-7-21-17)14-6-8-20-16(10-18)22-14/h2-9H,10,18-19H2,1H3. The average Bonchev–Trinajstić information content (AvgIpc) is 2.58. The lowest BCUT2D eigenvalue weighted by Gasteiger charge is -2.12. The van der Waals surface area contributed by atoms with Crippen LogP contribution in [0.15, 0.2) is 48.8 Å². The van der Waals surface area contributed by atoms with Crippen LogP contribution in [-0.4, -0.2) is 15.0 Å². The van der Waals surface area contributed by atoms with Gasteiger partial charge in [0.2, 0.25) is 5.88 Å². The summed E-state index contributed by atoms with van der Waals surface area (Å²) in [4.78, 5) is 12.9. The molecule has 3 aromatic rings. The van der Waals surface area contributed by atoms with Crippen molar-refractivity contribution in [1.82, 2.24) is 15.0 Å². The van der Waals surface area contributed by atoms with Gasteiger partial charge < -0.3 is 16.2 Å². The van der Waals surface area contributed by atoms with Gasteiger partial charge in [0, 0.05) is 18.1 Å². The third-order valence-corrected chi connectivity index (χ3v) is 3.34. The van der Waals surface area contributed by atoms with Crippen LogP contribution in [0.4, 0.5) is 5.69 Å². The molecule has 0 fully saturated rings. The van der Waals surface area contributed by atoms with E-state index in [1.54, 1.807) is 24.5 Å². The van der Waals surface area contributed by atoms with E-state index < -0.39 is 0 Å². The summed E-state index contributed by atoms with van der Waals surface area (Å²) >= 11 is 0. The lowest BCUT2D eigenvalue weighted by molar-refractivity contribution is 0.461. The molecular formula is C17H17N5O. The molecule has 0 saturated carbocycles. The summed E-state index contributed by atoms with van der Waals surface area (Å²) in [5, 5.41) is 0. The number of hydrogen-bond donors (Lipinski definition) is 2. The first-order chi connectivity index (χ1) is 11.2. The maximum Gasteiger partial charge on any atom is 0.228 e. The van der Waals surface area contributed by atoms with Crippen LogP contribution in [0.25, 0.3) is 11.3 Å². The van der Waals surface area contributed by atoms with Gasteiger partial charge in [-0.1, -0.05) is 0 Å². The van der Waals surface area contributed by atoms with E-state index in [4.69, 9.17) is 16.2 Å². The van der Waals surface area contributed by atoms with Crippen molar-refractivity contribution in [2.75, 3.05) is 5.73 Å². The fourth-order valence-corrected chi connectivity index (χ4v) is 2.21. The molecule has 0 unspecified atom stereocenters. The highest BCUT2D eigenvalue weighted by atomic mass is 16.5. The molecule has 6 nitrogen and oxygen atoms in total. The number of nitrogens with zero attached hydrogens (tertiary/aromatic N) is 3. The van der Waals surface area contributed by atoms with Crippen molar-refractivity contribution >= 4 is 5.69 Å². The topological polar surface area (TPSA) is 99.9 Å². The largest absolute Gasteiger partial charge is 0.438 e. The van der Waals surface area contributed by atoms with E-state index in [1.807, 2.05) is 31.2 Å². The molecule has 0 atom stereocenters. The van der Waals surface area contributed by atoms with Gasteiger partial charge >= 0.3 is 0 Å². The normalized spacial score (nSPS) is 10.5. The fourth-order valence-electron chi connectivity index (χ4n) is 2.21. The van der Waals surface area contributed by atoms with Crippen LogP contribution < -0.4 is 16.2 Å². The second-order valence-electron chi connectivity index (χ2n) is 5.05. The molecule has 0 bridgehead atoms. The molecular weight excluding hydrogens is 290 g/mol. The Labute approximate surface area is 134 Å². The first kappa shape index (κ1) is 14.9. The summed E-state index contributed by atoms with van der Waals surface area (Å²) in [5.74, 6) is 1.75. The number of anilines is 1. The van der Waals surface area contributed by atoms with E-state index in [0.717, 1.165) is 16.8 Å². The predicted molar refractivity (Wildman–Crippen MR) is 88.8 cm³/mol. The maximum atomic E-state index is 5.96. The summed E-state index contributed by atoms with van der Waals surface area (Å²) in [7, 11) is 0. The van der Waals surface area contributed by atoms with Crippen molar-refractivity contribution in [2.24, 2.45) is 5.73 Å². The molecule has 2 heterocycles. The first-order valence-electron chi connectivity index (χ1n) is 7.18. The van der Waals surface area contributed by atoms with Gasteiger partial charge in [0.25, 0.3) is 0 Å². The number of rotatable bonds is 4. The molecule has 3 rings (SSSR count). The van der Waals surface area contributed by atoms with Crippen molar-refractivity contribution in [3.63, 3.8) is 0 Å². The van der Waals surface area contributed by atoms with Gasteiger partial charge in [0.1, 0.15) is 11.6 Å². The number of hydrogen-bond acceptors (Lipinski definition) is 6. The molecule has 0 spiro atoms. The third-order valence-electron chi connectivity index (χ3n) is 3.34. The van der Waals surface area contributed by atoms with E-state index in [0.29, 0.717) is 23.1 Å². The van der Waals surface area contributed by atoms with Gasteiger partial charge in [-0.15, -0.1) is 0 Å². The molecule has 23 heavy (non-hydrogen) atoms. The zero-order valence-corrected chi connectivity index (χ0v) is 12.7. The molecule has 0 saturated heterocycles. The Morgan fingerprint density at radius 2 is 1.96 bits per heavy atom. The SMILES string of the molecule is Cc1cc(N)ccc1Oc1ncccc1-c1ccnc(CN)n1. The zero-order chi connectivity index (χ0) is 16.2. The number of aryl methyl sites for hydroxylation is 1. The number of nitrogen functional groups attached to an aromatic ring is 1. The molecule has 2 aromatic heterocycles. The highest BCUT2D eigenvalue weighted by Gasteiger charge is 2.12. The van der Waals surface area contributed by atoms with Gasteiger partial charge in [0.05, 0.1) is 17.8 Å². The van der Waals surface area contributed by atoms with Crippen LogP contribution in [0.5, 0.6) is 11.6 Å². The van der Waals surface area contributed by atoms with Crippen LogP contribution in [0.2, 0.25) is 0 Å². The highest BCUT2D eigenvalue weighted by molar-refractivity contribution is 5.65. The van der Waals surface area contributed by atoms with E-state index in [9.17, 15) is 0 Å². The Morgan fingerprint density at radius 3 is 2.74 bits per heavy atom. The minimum Gasteiger partial charge on any atom is -0.438 e. The molecule has 0 radical (unpaired) electrons. The fraction of sp³-hybridized carbons (Fsp3) is 0.118. The first-order valence-corrected chi connectivity index (χ1v) is 7.18. The van der Waals surface area contributed by atoms with Gasteiger partial charge in [0.15, 0.2) is 0 Å². The van der Waals surface area contributed by atoms with Crippen molar-refractivity contribution in [3.8, 4) is 22.9 Å². The van der Waals surface area contributed by atoms with Crippen LogP contribution in [-0.2, 0) is 6.54 Å². The summed E-state index contributed by atoms with van der Waals surface area (Å²) < 4.78 is 5.96. The van der Waals surface area contributed by atoms with Gasteiger partial charge in [-0.25, -0.2) is 15.0 Å². The van der Waals surface area contributed by atoms with Gasteiger partial charge in [-0.2, -0.15) is 0 Å². The van der Waals surface area contributed by atoms with Crippen LogP contribution in [0.3, 0.4) is 0 Å². The molecule has 6 heteroatoms. The maximum absolute atomic E-state index is 5.96. The van der Waals surface area contributed by atoms with E-state index in [-0.39, 0.29) is 6.54 Å². The zero-order valence-electron chi connectivity index (χ0n) is 12.7. The molecule has 1 aromatic carbocycles. The highest BCUT2D eigenvalue weighted by Crippen LogP contribution is 2.32. The minimum atomic E-state index is 0.279. The molecule has 0 amide bonds. The van der Waals surface area contributed by atoms with E-state index in [1.165, 1.54) is 0 Å². The van der Waals surface area contributed by atoms with Gasteiger partial charge in [-0.05, 0) is 48.9 Å². The molecule has 0 aliphatic carbocycles. The van der Waals surface area contributed by atoms with E-state index >= 15 is 0 Å². The van der Waals surface area contributed by atoms with Gasteiger partial charge in [-0.3, -0.25) is 0 Å². The summed E-state index contributed by atoms with van der Waals surface area (Å²) in [5.41, 5.74) is 14.5. The molecule has 116 valence electrons. The monoisotopic (exact) mass is 307 g/mol. The third kappa shape index (κ3) is 3.27. The number of benzene rings is 1. The number of nitrogens with two attached hydrogens (primary N) is 2. The lowest BCUT2D eigenvalue weighted by Crippen LogP contribution is -2.03. The summed E-state index contributed by atoms with van der Waals surface area (Å²) in [6, 6.07) is 11.0. The Balaban J connectivity index is 2.00. The van der Waals surface area contributed by atoms with E-state index in [2.05, 4.69) is 15.0 Å². The molecule has 0 aliphatic heterocycles. The van der Waals surface area contributed by atoms with Crippen LogP contribution >= 0.6 is 0 Å². The summed E-state index contributed by atoms with van der Waals surface area (Å²) in [6.07, 6.45) is 3.35. The summed E-state index contributed by atoms with van der Waals surface area (Å²) in [6.45, 7) is 2.22. The Kier molecular flexibility index (Phi) is 4.16. The Hall–Kier alpha value is -2.99. The van der Waals surface area contributed by atoms with Crippen LogP contribution in [0.1, 0.15) is 11.4 Å². The predicted octanol–water partition coefficient (Wildman–Crippen LogP) is 2.68. The quantitative estimate of drug-likeness (QED) is 0.719. The number of pyridine rings is 1. The Morgan fingerprint density at radius 1 is 1.09 bits per heavy atom. The van der Waals surface area contributed by atoms with Crippen molar-refractivity contribution in [3.05, 3.63) is 60.2 Å². The average molecular weight is 307 g/mol. The Bertz CT molecular complexity index is 835. The second kappa shape index (κ2) is 6.41. The molecule has 4 N–H and O–H groups in total. The molecule has 0 aliphatic rings. The second-order valence-corrected chi connectivity index (χ2v) is 5.05. The number of ether oxygens (including phenoxy) is 1. The lowest BCUT2D eigenvalue weighted by atomic mass is 10.2. The van der Waals surface area contributed by atoms with Crippen LogP contribution in [0, 0.1) is 6.92 Å². The van der Waals surface area contributed by atoms with Crippen molar-refractivity contribution in [1.29, 1.82) is 0 Å². The number of aromatic nitrogens is 3.